The second kappa shape index (κ2) is 7.18. The van der Waals surface area contributed by atoms with Crippen LogP contribution in [0.4, 0.5) is 4.79 Å². The highest BCUT2D eigenvalue weighted by atomic mass is 32.1. The van der Waals surface area contributed by atoms with E-state index in [0.29, 0.717) is 5.92 Å². The molecule has 0 unspecified atom stereocenters. The molecule has 0 saturated carbocycles. The van der Waals surface area contributed by atoms with E-state index in [-0.39, 0.29) is 18.2 Å². The number of aromatic nitrogens is 1. The number of nitrogens with zero attached hydrogens (tertiary/aromatic N) is 2. The monoisotopic (exact) mass is 337 g/mol. The second-order valence-electron chi connectivity index (χ2n) is 6.80. The lowest BCUT2D eigenvalue weighted by molar-refractivity contribution is 0.0837. The number of nitrogens with one attached hydrogen (secondary N) is 1. The largest absolute Gasteiger partial charge is 0.376 e. The molecule has 128 valence electrons. The minimum Gasteiger partial charge on any atom is -0.376 e. The van der Waals surface area contributed by atoms with E-state index in [1.807, 2.05) is 25.3 Å². The second-order valence-corrected chi connectivity index (χ2v) is 8.09. The minimum absolute atomic E-state index is 0.00734. The van der Waals surface area contributed by atoms with Crippen molar-refractivity contribution in [3.8, 4) is 0 Å². The number of amides is 2. The Balaban J connectivity index is 1.56. The Hall–Kier alpha value is -1.14. The van der Waals surface area contributed by atoms with Crippen molar-refractivity contribution in [1.29, 1.82) is 0 Å². The van der Waals surface area contributed by atoms with Crippen LogP contribution in [0.2, 0.25) is 0 Å². The highest BCUT2D eigenvalue weighted by Gasteiger charge is 2.28. The molecule has 3 atom stereocenters. The number of rotatable bonds is 4. The molecule has 2 heterocycles. The number of hydrogen-bond acceptors (Lipinski definition) is 4. The van der Waals surface area contributed by atoms with Crippen molar-refractivity contribution in [2.75, 3.05) is 20.2 Å². The number of aryl methyl sites for hydroxylation is 2. The maximum absolute atomic E-state index is 12.4. The first kappa shape index (κ1) is 16.7. The summed E-state index contributed by atoms with van der Waals surface area (Å²) < 4.78 is 5.65. The zero-order chi connectivity index (χ0) is 16.4. The van der Waals surface area contributed by atoms with Gasteiger partial charge in [-0.15, -0.1) is 11.3 Å². The highest BCUT2D eigenvalue weighted by Crippen LogP contribution is 2.34. The zero-order valence-corrected chi connectivity index (χ0v) is 15.1. The molecule has 3 rings (SSSR count). The molecule has 23 heavy (non-hydrogen) atoms. The number of urea groups is 1. The predicted molar refractivity (Wildman–Crippen MR) is 92.1 cm³/mol. The van der Waals surface area contributed by atoms with Crippen molar-refractivity contribution < 1.29 is 9.53 Å². The fourth-order valence-corrected chi connectivity index (χ4v) is 4.68. The van der Waals surface area contributed by atoms with Crippen LogP contribution in [0.25, 0.3) is 0 Å². The summed E-state index contributed by atoms with van der Waals surface area (Å²) in [5.41, 5.74) is 1.23. The van der Waals surface area contributed by atoms with Gasteiger partial charge >= 0.3 is 6.03 Å². The predicted octanol–water partition coefficient (Wildman–Crippen LogP) is 3.08. The first-order valence-electron chi connectivity index (χ1n) is 8.64. The molecule has 1 aromatic heterocycles. The average Bonchev–Trinajstić information content (AvgIpc) is 3.15. The molecular weight excluding hydrogens is 310 g/mol. The smallest absolute Gasteiger partial charge is 0.317 e. The van der Waals surface area contributed by atoms with Crippen LogP contribution in [0.1, 0.15) is 54.1 Å². The molecule has 1 aliphatic heterocycles. The molecule has 0 aromatic carbocycles. The summed E-state index contributed by atoms with van der Waals surface area (Å²) in [6.45, 7) is 5.65. The molecule has 0 radical (unpaired) electrons. The van der Waals surface area contributed by atoms with Crippen LogP contribution >= 0.6 is 11.3 Å². The van der Waals surface area contributed by atoms with Gasteiger partial charge in [-0.25, -0.2) is 9.78 Å². The average molecular weight is 337 g/mol. The van der Waals surface area contributed by atoms with Crippen molar-refractivity contribution in [3.63, 3.8) is 0 Å². The van der Waals surface area contributed by atoms with Crippen LogP contribution in [0, 0.1) is 6.92 Å². The fourth-order valence-electron chi connectivity index (χ4n) is 3.62. The molecule has 2 amide bonds. The molecule has 1 N–H and O–H groups in total. The lowest BCUT2D eigenvalue weighted by Gasteiger charge is -2.28. The third-order valence-corrected chi connectivity index (χ3v) is 5.94. The lowest BCUT2D eigenvalue weighted by Crippen LogP contribution is -2.47. The highest BCUT2D eigenvalue weighted by molar-refractivity contribution is 7.11. The van der Waals surface area contributed by atoms with Gasteiger partial charge in [0.15, 0.2) is 0 Å². The molecule has 1 aromatic rings. The number of ether oxygens (including phenoxy) is 1. The molecular formula is C17H27N3O2S. The molecule has 1 aliphatic carbocycles. The van der Waals surface area contributed by atoms with E-state index in [1.165, 1.54) is 17.0 Å². The zero-order valence-electron chi connectivity index (χ0n) is 14.3. The van der Waals surface area contributed by atoms with Crippen LogP contribution in [0.5, 0.6) is 0 Å². The van der Waals surface area contributed by atoms with Crippen LogP contribution < -0.4 is 5.32 Å². The van der Waals surface area contributed by atoms with E-state index in [0.717, 1.165) is 43.8 Å². The maximum atomic E-state index is 12.4. The van der Waals surface area contributed by atoms with E-state index in [1.54, 1.807) is 4.90 Å². The summed E-state index contributed by atoms with van der Waals surface area (Å²) in [6, 6.07) is 0.0583. The Morgan fingerprint density at radius 1 is 1.48 bits per heavy atom. The van der Waals surface area contributed by atoms with Crippen LogP contribution in [0.15, 0.2) is 0 Å². The van der Waals surface area contributed by atoms with Gasteiger partial charge in [0.05, 0.1) is 22.8 Å². The van der Waals surface area contributed by atoms with Crippen molar-refractivity contribution in [2.24, 2.45) is 0 Å². The first-order valence-corrected chi connectivity index (χ1v) is 9.45. The van der Waals surface area contributed by atoms with Gasteiger partial charge in [0.1, 0.15) is 0 Å². The quantitative estimate of drug-likeness (QED) is 0.918. The molecule has 6 heteroatoms. The molecule has 1 fully saturated rings. The summed E-state index contributed by atoms with van der Waals surface area (Å²) in [5.74, 6) is 0.373. The van der Waals surface area contributed by atoms with E-state index < -0.39 is 0 Å². The minimum atomic E-state index is -0.00734. The van der Waals surface area contributed by atoms with Gasteiger partial charge < -0.3 is 15.0 Å². The summed E-state index contributed by atoms with van der Waals surface area (Å²) in [6.07, 6.45) is 5.75. The molecule has 2 aliphatic rings. The third-order valence-electron chi connectivity index (χ3n) is 4.89. The van der Waals surface area contributed by atoms with Crippen molar-refractivity contribution >= 4 is 17.4 Å². The number of carbonyl (C=O) groups is 1. The fraction of sp³-hybridized carbons (Fsp3) is 0.765. The van der Waals surface area contributed by atoms with Gasteiger partial charge in [-0.1, -0.05) is 0 Å². The molecule has 0 bridgehead atoms. The summed E-state index contributed by atoms with van der Waals surface area (Å²) in [4.78, 5) is 20.4. The van der Waals surface area contributed by atoms with Crippen molar-refractivity contribution in [2.45, 2.75) is 64.0 Å². The van der Waals surface area contributed by atoms with Crippen molar-refractivity contribution in [1.82, 2.24) is 15.2 Å². The third kappa shape index (κ3) is 3.86. The van der Waals surface area contributed by atoms with Gasteiger partial charge in [0.2, 0.25) is 0 Å². The number of likely N-dealkylation sites (N-methyl/N-ethyl adjacent to an activating group) is 1. The lowest BCUT2D eigenvalue weighted by atomic mass is 9.90. The van der Waals surface area contributed by atoms with Crippen LogP contribution in [0.3, 0.4) is 0 Å². The van der Waals surface area contributed by atoms with Crippen LogP contribution in [-0.4, -0.2) is 48.3 Å². The van der Waals surface area contributed by atoms with E-state index >= 15 is 0 Å². The number of carbonyl (C=O) groups excluding carboxylic acids is 1. The number of thiazole rings is 1. The summed E-state index contributed by atoms with van der Waals surface area (Å²) in [5, 5.41) is 4.22. The van der Waals surface area contributed by atoms with E-state index in [9.17, 15) is 4.79 Å². The Labute approximate surface area is 142 Å². The van der Waals surface area contributed by atoms with E-state index in [2.05, 4.69) is 12.2 Å². The number of fused-ring (bicyclic) bond motifs is 1. The number of hydrogen-bond donors (Lipinski definition) is 1. The van der Waals surface area contributed by atoms with Gasteiger partial charge in [0.25, 0.3) is 0 Å². The molecule has 0 spiro atoms. The Kier molecular flexibility index (Phi) is 5.21. The van der Waals surface area contributed by atoms with Gasteiger partial charge in [0, 0.05) is 31.0 Å². The summed E-state index contributed by atoms with van der Waals surface area (Å²) >= 11 is 1.81. The standard InChI is InChI=1S/C17H27N3O2S/c1-11(14-7-5-9-22-14)18-17(21)20(3)10-13-6-4-8-15-16(13)19-12(2)23-15/h11,13-14H,4-10H2,1-3H3,(H,18,21)/t11-,13-,14-/m1/s1. The van der Waals surface area contributed by atoms with Crippen molar-refractivity contribution in [3.05, 3.63) is 15.6 Å². The Morgan fingerprint density at radius 3 is 3.04 bits per heavy atom. The first-order chi connectivity index (χ1) is 11.0. The molecule has 5 nitrogen and oxygen atoms in total. The normalized spacial score (nSPS) is 25.0. The molecule has 1 saturated heterocycles. The van der Waals surface area contributed by atoms with Gasteiger partial charge in [-0.05, 0) is 46.0 Å². The van der Waals surface area contributed by atoms with Gasteiger partial charge in [-0.3, -0.25) is 0 Å². The van der Waals surface area contributed by atoms with Gasteiger partial charge in [-0.2, -0.15) is 0 Å². The maximum Gasteiger partial charge on any atom is 0.317 e. The summed E-state index contributed by atoms with van der Waals surface area (Å²) in [7, 11) is 1.88. The Morgan fingerprint density at radius 2 is 2.30 bits per heavy atom. The van der Waals surface area contributed by atoms with Crippen LogP contribution in [-0.2, 0) is 11.2 Å². The Bertz CT molecular complexity index is 554. The SMILES string of the molecule is Cc1nc2c(s1)CCC[C@@H]2CN(C)C(=O)N[C@H](C)[C@H]1CCCO1. The topological polar surface area (TPSA) is 54.5 Å². The van der Waals surface area contributed by atoms with E-state index in [4.69, 9.17) is 9.72 Å².